The van der Waals surface area contributed by atoms with Crippen LogP contribution in [0.1, 0.15) is 24.1 Å². The summed E-state index contributed by atoms with van der Waals surface area (Å²) in [5.74, 6) is 0.203. The van der Waals surface area contributed by atoms with E-state index < -0.39 is 0 Å². The standard InChI is InChI=1S/C18H23N3O2S/c1-21(12-14-8-5-9-16(14)22)18(23)20-11-15-10-19-17(24-15)13-6-3-2-4-7-13/h2-4,6-7,10,14,16,22H,5,8-9,11-12H2,1H3,(H,20,23). The predicted octanol–water partition coefficient (Wildman–Crippen LogP) is 3.11. The maximum atomic E-state index is 12.2. The number of hydrogen-bond donors (Lipinski definition) is 2. The lowest BCUT2D eigenvalue weighted by Crippen LogP contribution is -2.40. The van der Waals surface area contributed by atoms with Crippen LogP contribution in [0, 0.1) is 5.92 Å². The van der Waals surface area contributed by atoms with Gasteiger partial charge in [-0.3, -0.25) is 0 Å². The van der Waals surface area contributed by atoms with E-state index in [1.54, 1.807) is 23.3 Å². The summed E-state index contributed by atoms with van der Waals surface area (Å²) in [7, 11) is 1.78. The molecule has 0 radical (unpaired) electrons. The summed E-state index contributed by atoms with van der Waals surface area (Å²) >= 11 is 1.59. The molecule has 0 spiro atoms. The van der Waals surface area contributed by atoms with Crippen LogP contribution in [-0.2, 0) is 6.54 Å². The second-order valence-corrected chi connectivity index (χ2v) is 7.41. The van der Waals surface area contributed by atoms with Gasteiger partial charge in [-0.25, -0.2) is 9.78 Å². The highest BCUT2D eigenvalue weighted by atomic mass is 32.1. The summed E-state index contributed by atoms with van der Waals surface area (Å²) in [5, 5.41) is 13.8. The van der Waals surface area contributed by atoms with Crippen LogP contribution in [-0.4, -0.2) is 40.7 Å². The molecule has 1 aromatic carbocycles. The molecule has 24 heavy (non-hydrogen) atoms. The van der Waals surface area contributed by atoms with Crippen LogP contribution in [0.2, 0.25) is 0 Å². The minimum atomic E-state index is -0.268. The summed E-state index contributed by atoms with van der Waals surface area (Å²) < 4.78 is 0. The number of aliphatic hydroxyl groups is 1. The summed E-state index contributed by atoms with van der Waals surface area (Å²) in [4.78, 5) is 19.3. The quantitative estimate of drug-likeness (QED) is 0.875. The monoisotopic (exact) mass is 345 g/mol. The number of nitrogens with zero attached hydrogens (tertiary/aromatic N) is 2. The van der Waals surface area contributed by atoms with Crippen LogP contribution in [0.4, 0.5) is 4.79 Å². The lowest BCUT2D eigenvalue weighted by Gasteiger charge is -2.23. The van der Waals surface area contributed by atoms with Gasteiger partial charge in [0.15, 0.2) is 0 Å². The summed E-state index contributed by atoms with van der Waals surface area (Å²) in [6, 6.07) is 9.91. The normalized spacial score (nSPS) is 20.1. The molecule has 1 saturated carbocycles. The van der Waals surface area contributed by atoms with Crippen LogP contribution in [0.3, 0.4) is 0 Å². The van der Waals surface area contributed by atoms with Crippen LogP contribution in [0.5, 0.6) is 0 Å². The smallest absolute Gasteiger partial charge is 0.317 e. The average Bonchev–Trinajstić information content (AvgIpc) is 3.23. The fraction of sp³-hybridized carbons (Fsp3) is 0.444. The SMILES string of the molecule is CN(CC1CCCC1O)C(=O)NCc1cnc(-c2ccccc2)s1. The molecule has 1 aliphatic rings. The number of benzene rings is 1. The first kappa shape index (κ1) is 16.9. The van der Waals surface area contributed by atoms with Crippen molar-refractivity contribution in [1.82, 2.24) is 15.2 Å². The molecule has 3 rings (SSSR count). The number of urea groups is 1. The molecular weight excluding hydrogens is 322 g/mol. The summed E-state index contributed by atoms with van der Waals surface area (Å²) in [6.45, 7) is 1.08. The molecule has 2 unspecified atom stereocenters. The topological polar surface area (TPSA) is 65.5 Å². The van der Waals surface area contributed by atoms with Crippen molar-refractivity contribution >= 4 is 17.4 Å². The van der Waals surface area contributed by atoms with Crippen LogP contribution in [0.25, 0.3) is 10.6 Å². The maximum absolute atomic E-state index is 12.2. The van der Waals surface area contributed by atoms with Crippen molar-refractivity contribution in [3.63, 3.8) is 0 Å². The molecule has 1 aromatic heterocycles. The third kappa shape index (κ3) is 4.13. The number of aromatic nitrogens is 1. The Kier molecular flexibility index (Phi) is 5.48. The second kappa shape index (κ2) is 7.77. The van der Waals surface area contributed by atoms with E-state index >= 15 is 0 Å². The average molecular weight is 345 g/mol. The molecular formula is C18H23N3O2S. The molecule has 0 aliphatic heterocycles. The van der Waals surface area contributed by atoms with E-state index in [0.717, 1.165) is 34.7 Å². The van der Waals surface area contributed by atoms with E-state index in [9.17, 15) is 9.90 Å². The molecule has 2 atom stereocenters. The second-order valence-electron chi connectivity index (χ2n) is 6.30. The third-order valence-corrected chi connectivity index (χ3v) is 5.51. The van der Waals surface area contributed by atoms with Gasteiger partial charge in [0.2, 0.25) is 0 Å². The van der Waals surface area contributed by atoms with Crippen molar-refractivity contribution in [1.29, 1.82) is 0 Å². The van der Waals surface area contributed by atoms with Crippen molar-refractivity contribution in [3.8, 4) is 10.6 Å². The van der Waals surface area contributed by atoms with Gasteiger partial charge >= 0.3 is 6.03 Å². The molecule has 2 aromatic rings. The summed E-state index contributed by atoms with van der Waals surface area (Å²) in [5.41, 5.74) is 1.09. The van der Waals surface area contributed by atoms with E-state index in [4.69, 9.17) is 0 Å². The molecule has 128 valence electrons. The number of carbonyl (C=O) groups is 1. The maximum Gasteiger partial charge on any atom is 0.317 e. The lowest BCUT2D eigenvalue weighted by molar-refractivity contribution is 0.114. The van der Waals surface area contributed by atoms with Gasteiger partial charge in [0.05, 0.1) is 12.6 Å². The Hall–Kier alpha value is -1.92. The minimum absolute atomic E-state index is 0.108. The Labute approximate surface area is 146 Å². The predicted molar refractivity (Wildman–Crippen MR) is 95.8 cm³/mol. The first-order valence-electron chi connectivity index (χ1n) is 8.30. The van der Waals surface area contributed by atoms with Crippen molar-refractivity contribution in [2.24, 2.45) is 5.92 Å². The van der Waals surface area contributed by atoms with E-state index in [1.807, 2.05) is 36.5 Å². The van der Waals surface area contributed by atoms with Gasteiger partial charge in [0.1, 0.15) is 5.01 Å². The van der Waals surface area contributed by atoms with Gasteiger partial charge in [0.25, 0.3) is 0 Å². The molecule has 1 aliphatic carbocycles. The molecule has 6 heteroatoms. The molecule has 5 nitrogen and oxygen atoms in total. The molecule has 2 amide bonds. The lowest BCUT2D eigenvalue weighted by atomic mass is 10.1. The number of rotatable bonds is 5. The number of thiazole rings is 1. The van der Waals surface area contributed by atoms with Gasteiger partial charge < -0.3 is 15.3 Å². The Morgan fingerprint density at radius 2 is 2.17 bits per heavy atom. The first-order valence-corrected chi connectivity index (χ1v) is 9.12. The van der Waals surface area contributed by atoms with Crippen molar-refractivity contribution in [2.45, 2.75) is 31.9 Å². The number of amides is 2. The molecule has 2 N–H and O–H groups in total. The van der Waals surface area contributed by atoms with E-state index in [-0.39, 0.29) is 18.1 Å². The highest BCUT2D eigenvalue weighted by Gasteiger charge is 2.27. The van der Waals surface area contributed by atoms with Crippen LogP contribution >= 0.6 is 11.3 Å². The van der Waals surface area contributed by atoms with Gasteiger partial charge in [-0.1, -0.05) is 36.8 Å². The summed E-state index contributed by atoms with van der Waals surface area (Å²) in [6.07, 6.45) is 4.44. The largest absolute Gasteiger partial charge is 0.393 e. The zero-order valence-electron chi connectivity index (χ0n) is 13.8. The van der Waals surface area contributed by atoms with Crippen molar-refractivity contribution in [3.05, 3.63) is 41.4 Å². The number of carbonyl (C=O) groups excluding carboxylic acids is 1. The van der Waals surface area contributed by atoms with Gasteiger partial charge in [-0.2, -0.15) is 0 Å². The number of nitrogens with one attached hydrogen (secondary N) is 1. The van der Waals surface area contributed by atoms with Crippen LogP contribution in [0.15, 0.2) is 36.5 Å². The molecule has 1 fully saturated rings. The van der Waals surface area contributed by atoms with Crippen molar-refractivity contribution < 1.29 is 9.90 Å². The number of hydrogen-bond acceptors (Lipinski definition) is 4. The molecule has 0 bridgehead atoms. The fourth-order valence-electron chi connectivity index (χ4n) is 3.07. The first-order chi connectivity index (χ1) is 11.6. The van der Waals surface area contributed by atoms with Gasteiger partial charge in [-0.05, 0) is 12.8 Å². The van der Waals surface area contributed by atoms with E-state index in [1.165, 1.54) is 0 Å². The molecule has 1 heterocycles. The Morgan fingerprint density at radius 3 is 2.88 bits per heavy atom. The number of aliphatic hydroxyl groups excluding tert-OH is 1. The highest BCUT2D eigenvalue weighted by Crippen LogP contribution is 2.26. The zero-order valence-corrected chi connectivity index (χ0v) is 14.6. The molecule has 0 saturated heterocycles. The fourth-order valence-corrected chi connectivity index (χ4v) is 3.92. The van der Waals surface area contributed by atoms with E-state index in [0.29, 0.717) is 13.1 Å². The Morgan fingerprint density at radius 1 is 1.38 bits per heavy atom. The highest BCUT2D eigenvalue weighted by molar-refractivity contribution is 7.15. The Balaban J connectivity index is 1.50. The minimum Gasteiger partial charge on any atom is -0.393 e. The van der Waals surface area contributed by atoms with Crippen molar-refractivity contribution in [2.75, 3.05) is 13.6 Å². The van der Waals surface area contributed by atoms with Gasteiger partial charge in [-0.15, -0.1) is 11.3 Å². The van der Waals surface area contributed by atoms with Gasteiger partial charge in [0, 0.05) is 36.1 Å². The Bertz CT molecular complexity index is 674. The third-order valence-electron chi connectivity index (χ3n) is 4.46. The zero-order chi connectivity index (χ0) is 16.9. The van der Waals surface area contributed by atoms with Crippen LogP contribution < -0.4 is 5.32 Å². The van der Waals surface area contributed by atoms with E-state index in [2.05, 4.69) is 10.3 Å².